The highest BCUT2D eigenvalue weighted by Gasteiger charge is 2.03. The fraction of sp³-hybridized carbons (Fsp3) is 0.429. The third-order valence-electron chi connectivity index (χ3n) is 0.725. The van der Waals surface area contributed by atoms with Crippen molar-refractivity contribution in [3.8, 4) is 0 Å². The highest BCUT2D eigenvalue weighted by molar-refractivity contribution is 6.47. The first-order valence-electron chi connectivity index (χ1n) is 3.89. The maximum absolute atomic E-state index is 10.2. The molecule has 0 atom stereocenters. The van der Waals surface area contributed by atoms with E-state index in [0.29, 0.717) is 5.23 Å². The van der Waals surface area contributed by atoms with Crippen LogP contribution in [0.3, 0.4) is 0 Å². The van der Waals surface area contributed by atoms with Crippen LogP contribution in [0.4, 0.5) is 0 Å². The first-order chi connectivity index (χ1) is 6.79. The Morgan fingerprint density at radius 1 is 1.27 bits per heavy atom. The molecule has 0 amide bonds. The predicted molar refractivity (Wildman–Crippen MR) is 51.7 cm³/mol. The van der Waals surface area contributed by atoms with Gasteiger partial charge in [0.05, 0.1) is 7.05 Å². The topological polar surface area (TPSA) is 96.3 Å². The van der Waals surface area contributed by atoms with Crippen LogP contribution in [0.5, 0.6) is 0 Å². The third-order valence-corrected chi connectivity index (χ3v) is 0.725. The molecule has 0 aliphatic carbocycles. The van der Waals surface area contributed by atoms with Gasteiger partial charge in [-0.2, -0.15) is 0 Å². The second-order valence-electron chi connectivity index (χ2n) is 2.25. The van der Waals surface area contributed by atoms with Crippen LogP contribution in [0.15, 0.2) is 12.6 Å². The molecule has 0 saturated heterocycles. The van der Waals surface area contributed by atoms with E-state index < -0.39 is 19.1 Å². The van der Waals surface area contributed by atoms with Crippen molar-refractivity contribution in [3.05, 3.63) is 12.6 Å². The van der Waals surface area contributed by atoms with Crippen molar-refractivity contribution in [3.63, 3.8) is 0 Å². The molecule has 0 aromatic heterocycles. The van der Waals surface area contributed by atoms with Gasteiger partial charge in [0.1, 0.15) is 0 Å². The van der Waals surface area contributed by atoms with Crippen molar-refractivity contribution < 1.29 is 29.3 Å². The smallest absolute Gasteiger partial charge is 0.424 e. The molecule has 0 saturated carbocycles. The number of hydrogen-bond donors (Lipinski definition) is 2. The summed E-state index contributed by atoms with van der Waals surface area (Å²) in [6.07, 6.45) is 0. The van der Waals surface area contributed by atoms with Gasteiger partial charge in [0.25, 0.3) is 0 Å². The summed E-state index contributed by atoms with van der Waals surface area (Å²) in [5.41, 5.74) is 0. The van der Waals surface area contributed by atoms with Crippen LogP contribution < -0.4 is 0 Å². The molecule has 86 valence electrons. The molecule has 0 spiro atoms. The summed E-state index contributed by atoms with van der Waals surface area (Å²) >= 11 is 0. The number of carbonyl (C=O) groups excluding carboxylic acids is 2. The monoisotopic (exact) mass is 219 g/mol. The normalized spacial score (nSPS) is 8.40. The van der Waals surface area contributed by atoms with E-state index in [2.05, 4.69) is 16.3 Å². The van der Waals surface area contributed by atoms with E-state index >= 15 is 0 Å². The first-order valence-corrected chi connectivity index (χ1v) is 3.89. The van der Waals surface area contributed by atoms with Gasteiger partial charge in [-0.15, -0.1) is 6.58 Å². The summed E-state index contributed by atoms with van der Waals surface area (Å²) < 4.78 is 0. The minimum absolute atomic E-state index is 0.538. The lowest BCUT2D eigenvalue weighted by Gasteiger charge is -2.11. The van der Waals surface area contributed by atoms with Gasteiger partial charge >= 0.3 is 19.1 Å². The number of hydrogen-bond acceptors (Lipinski definition) is 7. The Hall–Kier alpha value is -1.38. The number of carbonyl (C=O) groups is 2. The van der Waals surface area contributed by atoms with E-state index in [4.69, 9.17) is 10.0 Å². The van der Waals surface area contributed by atoms with Crippen LogP contribution in [-0.2, 0) is 19.3 Å². The number of nitrogens with zero attached hydrogens (tertiary/aromatic N) is 1. The van der Waals surface area contributed by atoms with Crippen LogP contribution in [0.25, 0.3) is 0 Å². The maximum atomic E-state index is 10.2. The quantitative estimate of drug-likeness (QED) is 0.466. The average Bonchev–Trinajstić information content (AvgIpc) is 2.01. The third kappa shape index (κ3) is 19.2. The Kier molecular flexibility index (Phi) is 9.85. The molecule has 0 fully saturated rings. The summed E-state index contributed by atoms with van der Waals surface area (Å²) in [6, 6.07) is 0. The van der Waals surface area contributed by atoms with Gasteiger partial charge in [0.15, 0.2) is 0 Å². The van der Waals surface area contributed by atoms with Crippen LogP contribution in [-0.4, -0.2) is 41.4 Å². The summed E-state index contributed by atoms with van der Waals surface area (Å²) in [4.78, 5) is 29.0. The number of hydroxylamine groups is 2. The molecule has 0 aromatic rings. The molecule has 0 radical (unpaired) electrons. The van der Waals surface area contributed by atoms with Gasteiger partial charge in [-0.1, -0.05) is 5.98 Å². The Labute approximate surface area is 87.9 Å². The molecule has 0 aromatic carbocycles. The lowest BCUT2D eigenvalue weighted by atomic mass is 9.94. The molecule has 0 aliphatic rings. The zero-order valence-electron chi connectivity index (χ0n) is 8.84. The molecule has 0 rings (SSSR count). The van der Waals surface area contributed by atoms with Gasteiger partial charge in [0, 0.05) is 19.1 Å². The van der Waals surface area contributed by atoms with Gasteiger partial charge in [-0.3, -0.25) is 9.59 Å². The summed E-state index contributed by atoms with van der Waals surface area (Å²) in [5, 5.41) is 16.3. The fourth-order valence-electron chi connectivity index (χ4n) is 0.381. The standard InChI is InChI=1S/C5H9NO4.C2H5BO2/c1-4(7)9-6(3)10-5(2)8;1-2-3(4)5/h1-3H3;2,4-5H,1H2. The second-order valence-corrected chi connectivity index (χ2v) is 2.25. The summed E-state index contributed by atoms with van der Waals surface area (Å²) in [6.45, 7) is 5.48. The maximum Gasteiger partial charge on any atom is 0.480 e. The van der Waals surface area contributed by atoms with Gasteiger partial charge in [0.2, 0.25) is 0 Å². The average molecular weight is 219 g/mol. The fourth-order valence-corrected chi connectivity index (χ4v) is 0.381. The zero-order valence-corrected chi connectivity index (χ0v) is 8.84. The van der Waals surface area contributed by atoms with Crippen molar-refractivity contribution in [1.82, 2.24) is 5.23 Å². The van der Waals surface area contributed by atoms with E-state index in [1.54, 1.807) is 0 Å². The molecular formula is C7H14BNO6. The lowest BCUT2D eigenvalue weighted by molar-refractivity contribution is -0.309. The second kappa shape index (κ2) is 9.19. The molecule has 8 heteroatoms. The molecule has 0 bridgehead atoms. The Morgan fingerprint density at radius 3 is 1.67 bits per heavy atom. The van der Waals surface area contributed by atoms with Crippen molar-refractivity contribution in [2.45, 2.75) is 13.8 Å². The van der Waals surface area contributed by atoms with Gasteiger partial charge in [-0.05, 0) is 0 Å². The van der Waals surface area contributed by atoms with Crippen LogP contribution in [0.1, 0.15) is 13.8 Å². The highest BCUT2D eigenvalue weighted by Crippen LogP contribution is 1.87. The van der Waals surface area contributed by atoms with Crippen LogP contribution in [0, 0.1) is 0 Å². The van der Waals surface area contributed by atoms with Crippen LogP contribution in [0.2, 0.25) is 0 Å². The minimum atomic E-state index is -1.35. The van der Waals surface area contributed by atoms with Crippen molar-refractivity contribution in [1.29, 1.82) is 0 Å². The van der Waals surface area contributed by atoms with Crippen molar-refractivity contribution in [2.75, 3.05) is 7.05 Å². The van der Waals surface area contributed by atoms with E-state index in [0.717, 1.165) is 5.98 Å². The van der Waals surface area contributed by atoms with Gasteiger partial charge < -0.3 is 19.7 Å². The van der Waals surface area contributed by atoms with E-state index in [9.17, 15) is 9.59 Å². The van der Waals surface area contributed by atoms with E-state index in [1.165, 1.54) is 20.9 Å². The molecule has 0 aliphatic heterocycles. The Balaban J connectivity index is 0. The summed E-state index contributed by atoms with van der Waals surface area (Å²) in [7, 11) is -0.0435. The van der Waals surface area contributed by atoms with E-state index in [-0.39, 0.29) is 0 Å². The highest BCUT2D eigenvalue weighted by atomic mass is 17.0. The Morgan fingerprint density at radius 2 is 1.53 bits per heavy atom. The minimum Gasteiger partial charge on any atom is -0.424 e. The molecule has 0 heterocycles. The van der Waals surface area contributed by atoms with Crippen molar-refractivity contribution >= 4 is 19.1 Å². The SMILES string of the molecule is C=CB(O)O.CC(=O)ON(C)OC(C)=O. The summed E-state index contributed by atoms with van der Waals surface area (Å²) in [5.74, 6) is -0.0486. The molecule has 0 unspecified atom stereocenters. The molecule has 7 nitrogen and oxygen atoms in total. The van der Waals surface area contributed by atoms with Crippen molar-refractivity contribution in [2.24, 2.45) is 0 Å². The van der Waals surface area contributed by atoms with Crippen LogP contribution >= 0.6 is 0 Å². The molecule has 15 heavy (non-hydrogen) atoms. The largest absolute Gasteiger partial charge is 0.480 e. The first kappa shape index (κ1) is 16.1. The molecular weight excluding hydrogens is 205 g/mol. The Bertz CT molecular complexity index is 204. The zero-order chi connectivity index (χ0) is 12.4. The molecule has 2 N–H and O–H groups in total. The number of rotatable bonds is 3. The van der Waals surface area contributed by atoms with E-state index in [1.807, 2.05) is 0 Å². The predicted octanol–water partition coefficient (Wildman–Crippen LogP) is -0.941. The lowest BCUT2D eigenvalue weighted by Crippen LogP contribution is -2.24. The van der Waals surface area contributed by atoms with Gasteiger partial charge in [-0.25, -0.2) is 0 Å².